The summed E-state index contributed by atoms with van der Waals surface area (Å²) >= 11 is 0. The summed E-state index contributed by atoms with van der Waals surface area (Å²) in [6.45, 7) is 4.40. The van der Waals surface area contributed by atoms with Crippen molar-refractivity contribution in [3.05, 3.63) is 0 Å². The summed E-state index contributed by atoms with van der Waals surface area (Å²) in [6.07, 6.45) is 4.54. The van der Waals surface area contributed by atoms with Gasteiger partial charge in [0.2, 0.25) is 0 Å². The Balaban J connectivity index is 1.93. The Morgan fingerprint density at radius 2 is 2.13 bits per heavy atom. The molecule has 0 heterocycles. The molecule has 1 aliphatic carbocycles. The number of carbonyl (C=O) groups excluding carboxylic acids is 1. The van der Waals surface area contributed by atoms with E-state index in [1.807, 2.05) is 6.92 Å². The van der Waals surface area contributed by atoms with Crippen molar-refractivity contribution < 1.29 is 14.3 Å². The number of hydrogen-bond donors (Lipinski definition) is 1. The third kappa shape index (κ3) is 5.74. The second-order valence-corrected chi connectivity index (χ2v) is 3.80. The molecule has 0 amide bonds. The molecule has 0 aromatic rings. The highest BCUT2D eigenvalue weighted by molar-refractivity contribution is 5.70. The molecular weight excluding hydrogens is 194 g/mol. The van der Waals surface area contributed by atoms with Crippen LogP contribution in [0.3, 0.4) is 0 Å². The molecule has 0 unspecified atom stereocenters. The van der Waals surface area contributed by atoms with Crippen LogP contribution >= 0.6 is 0 Å². The van der Waals surface area contributed by atoms with Crippen LogP contribution in [0, 0.1) is 0 Å². The van der Waals surface area contributed by atoms with Crippen molar-refractivity contribution >= 4 is 5.97 Å². The molecule has 1 rings (SSSR count). The molecule has 1 aliphatic rings. The topological polar surface area (TPSA) is 47.6 Å². The monoisotopic (exact) mass is 215 g/mol. The zero-order chi connectivity index (χ0) is 10.9. The van der Waals surface area contributed by atoms with Gasteiger partial charge in [0.25, 0.3) is 0 Å². The summed E-state index contributed by atoms with van der Waals surface area (Å²) < 4.78 is 10.4. The highest BCUT2D eigenvalue weighted by Crippen LogP contribution is 2.20. The molecule has 0 aliphatic heterocycles. The number of hydrogen-bond acceptors (Lipinski definition) is 4. The molecule has 0 aromatic carbocycles. The maximum atomic E-state index is 11.3. The van der Waals surface area contributed by atoms with Gasteiger partial charge in [-0.25, -0.2) is 4.79 Å². The molecule has 0 radical (unpaired) electrons. The van der Waals surface area contributed by atoms with Crippen LogP contribution in [0.2, 0.25) is 0 Å². The van der Waals surface area contributed by atoms with Crippen molar-refractivity contribution in [1.82, 2.24) is 5.32 Å². The van der Waals surface area contributed by atoms with E-state index in [4.69, 9.17) is 9.47 Å². The Labute approximate surface area is 91.3 Å². The summed E-state index contributed by atoms with van der Waals surface area (Å²) in [7, 11) is 0. The predicted octanol–water partition coefficient (Wildman–Crippen LogP) is 1.10. The lowest BCUT2D eigenvalue weighted by molar-refractivity contribution is -0.154. The van der Waals surface area contributed by atoms with E-state index in [0.717, 1.165) is 25.9 Å². The Bertz CT molecular complexity index is 179. The minimum atomic E-state index is -0.224. The molecule has 0 saturated heterocycles. The molecule has 1 fully saturated rings. The number of ether oxygens (including phenoxy) is 2. The fourth-order valence-electron chi connectivity index (χ4n) is 1.70. The van der Waals surface area contributed by atoms with E-state index in [9.17, 15) is 4.79 Å². The van der Waals surface area contributed by atoms with Crippen molar-refractivity contribution in [3.8, 4) is 0 Å². The molecular formula is C11H21NO3. The maximum absolute atomic E-state index is 11.3. The standard InChI is InChI=1S/C11H21NO3/c1-2-12-7-8-14-9-11(13)15-10-5-3-4-6-10/h10,12H,2-9H2,1H3. The number of likely N-dealkylation sites (N-methyl/N-ethyl adjacent to an activating group) is 1. The first-order valence-electron chi connectivity index (χ1n) is 5.81. The Morgan fingerprint density at radius 3 is 2.80 bits per heavy atom. The normalized spacial score (nSPS) is 16.9. The summed E-state index contributed by atoms with van der Waals surface area (Å²) in [5.41, 5.74) is 0. The SMILES string of the molecule is CCNCCOCC(=O)OC1CCCC1. The van der Waals surface area contributed by atoms with Crippen molar-refractivity contribution in [2.45, 2.75) is 38.7 Å². The van der Waals surface area contributed by atoms with Gasteiger partial charge in [0.1, 0.15) is 12.7 Å². The first kappa shape index (κ1) is 12.5. The quantitative estimate of drug-likeness (QED) is 0.510. The lowest BCUT2D eigenvalue weighted by Gasteiger charge is -2.11. The Kier molecular flexibility index (Phi) is 6.36. The summed E-state index contributed by atoms with van der Waals surface area (Å²) in [5.74, 6) is -0.224. The van der Waals surface area contributed by atoms with E-state index in [0.29, 0.717) is 6.61 Å². The van der Waals surface area contributed by atoms with Gasteiger partial charge in [-0.2, -0.15) is 0 Å². The van der Waals surface area contributed by atoms with Crippen LogP contribution in [0.1, 0.15) is 32.6 Å². The summed E-state index contributed by atoms with van der Waals surface area (Å²) in [4.78, 5) is 11.3. The largest absolute Gasteiger partial charge is 0.461 e. The number of rotatable bonds is 7. The smallest absolute Gasteiger partial charge is 0.332 e. The maximum Gasteiger partial charge on any atom is 0.332 e. The Morgan fingerprint density at radius 1 is 1.40 bits per heavy atom. The second kappa shape index (κ2) is 7.65. The van der Waals surface area contributed by atoms with Crippen molar-refractivity contribution in [3.63, 3.8) is 0 Å². The zero-order valence-electron chi connectivity index (χ0n) is 9.46. The molecule has 4 nitrogen and oxygen atoms in total. The van der Waals surface area contributed by atoms with Gasteiger partial charge in [-0.3, -0.25) is 0 Å². The molecule has 1 N–H and O–H groups in total. The molecule has 4 heteroatoms. The molecule has 1 saturated carbocycles. The predicted molar refractivity (Wildman–Crippen MR) is 57.7 cm³/mol. The molecule has 88 valence electrons. The van der Waals surface area contributed by atoms with Crippen LogP contribution in [0.25, 0.3) is 0 Å². The minimum absolute atomic E-state index is 0.0852. The summed E-state index contributed by atoms with van der Waals surface area (Å²) in [5, 5.41) is 3.12. The fourth-order valence-corrected chi connectivity index (χ4v) is 1.70. The zero-order valence-corrected chi connectivity index (χ0v) is 9.46. The third-order valence-corrected chi connectivity index (χ3v) is 2.49. The molecule has 0 spiro atoms. The van der Waals surface area contributed by atoms with Crippen LogP contribution < -0.4 is 5.32 Å². The minimum Gasteiger partial charge on any atom is -0.461 e. The Hall–Kier alpha value is -0.610. The van der Waals surface area contributed by atoms with Crippen LogP contribution in [0.15, 0.2) is 0 Å². The molecule has 0 bridgehead atoms. The van der Waals surface area contributed by atoms with Crippen LogP contribution in [0.4, 0.5) is 0 Å². The number of carbonyl (C=O) groups is 1. The van der Waals surface area contributed by atoms with Crippen molar-refractivity contribution in [2.75, 3.05) is 26.3 Å². The van der Waals surface area contributed by atoms with Gasteiger partial charge >= 0.3 is 5.97 Å². The lowest BCUT2D eigenvalue weighted by atomic mass is 10.3. The van der Waals surface area contributed by atoms with E-state index in [1.165, 1.54) is 12.8 Å². The van der Waals surface area contributed by atoms with Crippen molar-refractivity contribution in [2.24, 2.45) is 0 Å². The van der Waals surface area contributed by atoms with Gasteiger partial charge in [-0.15, -0.1) is 0 Å². The van der Waals surface area contributed by atoms with E-state index >= 15 is 0 Å². The highest BCUT2D eigenvalue weighted by atomic mass is 16.6. The fraction of sp³-hybridized carbons (Fsp3) is 0.909. The highest BCUT2D eigenvalue weighted by Gasteiger charge is 2.18. The first-order valence-corrected chi connectivity index (χ1v) is 5.81. The van der Waals surface area contributed by atoms with Gasteiger partial charge in [0.15, 0.2) is 0 Å². The van der Waals surface area contributed by atoms with Gasteiger partial charge in [0.05, 0.1) is 6.61 Å². The molecule has 0 atom stereocenters. The van der Waals surface area contributed by atoms with Gasteiger partial charge < -0.3 is 14.8 Å². The van der Waals surface area contributed by atoms with Gasteiger partial charge in [-0.1, -0.05) is 6.92 Å². The van der Waals surface area contributed by atoms with Crippen LogP contribution in [0.5, 0.6) is 0 Å². The second-order valence-electron chi connectivity index (χ2n) is 3.80. The molecule has 0 aromatic heterocycles. The van der Waals surface area contributed by atoms with Gasteiger partial charge in [-0.05, 0) is 32.2 Å². The van der Waals surface area contributed by atoms with E-state index in [2.05, 4.69) is 5.32 Å². The lowest BCUT2D eigenvalue weighted by Crippen LogP contribution is -2.23. The molecule has 15 heavy (non-hydrogen) atoms. The summed E-state index contributed by atoms with van der Waals surface area (Å²) in [6, 6.07) is 0. The van der Waals surface area contributed by atoms with E-state index < -0.39 is 0 Å². The first-order chi connectivity index (χ1) is 7.33. The third-order valence-electron chi connectivity index (χ3n) is 2.49. The number of nitrogens with one attached hydrogen (secondary N) is 1. The van der Waals surface area contributed by atoms with Gasteiger partial charge in [0, 0.05) is 6.54 Å². The van der Waals surface area contributed by atoms with Crippen LogP contribution in [-0.4, -0.2) is 38.4 Å². The van der Waals surface area contributed by atoms with Crippen molar-refractivity contribution in [1.29, 1.82) is 0 Å². The number of esters is 1. The average Bonchev–Trinajstić information content (AvgIpc) is 2.70. The average molecular weight is 215 g/mol. The van der Waals surface area contributed by atoms with E-state index in [1.54, 1.807) is 0 Å². The van der Waals surface area contributed by atoms with Crippen LogP contribution in [-0.2, 0) is 14.3 Å². The van der Waals surface area contributed by atoms with E-state index in [-0.39, 0.29) is 18.7 Å².